The Bertz CT molecular complexity index is 451. The van der Waals surface area contributed by atoms with Crippen LogP contribution in [0.2, 0.25) is 0 Å². The Morgan fingerprint density at radius 1 is 1.37 bits per heavy atom. The zero-order valence-corrected chi connectivity index (χ0v) is 10.8. The van der Waals surface area contributed by atoms with Crippen molar-refractivity contribution in [2.45, 2.75) is 25.0 Å². The molecule has 0 aliphatic heterocycles. The summed E-state index contributed by atoms with van der Waals surface area (Å²) in [5.41, 5.74) is 0.985. The van der Waals surface area contributed by atoms with E-state index in [0.717, 1.165) is 0 Å². The predicted molar refractivity (Wildman–Crippen MR) is 70.5 cm³/mol. The monoisotopic (exact) mass is 262 g/mol. The average Bonchev–Trinajstić information content (AvgIpc) is 2.44. The quantitative estimate of drug-likeness (QED) is 0.632. The van der Waals surface area contributed by atoms with Gasteiger partial charge in [-0.3, -0.25) is 4.79 Å². The minimum absolute atomic E-state index is 0.160. The van der Waals surface area contributed by atoms with Crippen molar-refractivity contribution in [2.24, 2.45) is 0 Å². The second-order valence-electron chi connectivity index (χ2n) is 4.28. The molecule has 0 aliphatic rings. The molecule has 0 spiro atoms. The molecule has 0 aromatic heterocycles. The molecule has 0 saturated heterocycles. The summed E-state index contributed by atoms with van der Waals surface area (Å²) < 4.78 is 0. The lowest BCUT2D eigenvalue weighted by Crippen LogP contribution is -2.23. The summed E-state index contributed by atoms with van der Waals surface area (Å²) in [4.78, 5) is 11.5. The van der Waals surface area contributed by atoms with Crippen molar-refractivity contribution < 1.29 is 15.0 Å². The van der Waals surface area contributed by atoms with Gasteiger partial charge in [-0.25, -0.2) is 0 Å². The number of nitriles is 1. The molecule has 5 nitrogen and oxygen atoms in total. The number of Topliss-reactive ketones (excluding diaryl/α,β-unsaturated/α-hetero) is 1. The third kappa shape index (κ3) is 4.45. The van der Waals surface area contributed by atoms with E-state index < -0.39 is 12.2 Å². The van der Waals surface area contributed by atoms with Crippen molar-refractivity contribution in [3.05, 3.63) is 35.4 Å². The van der Waals surface area contributed by atoms with E-state index in [1.807, 2.05) is 0 Å². The lowest BCUT2D eigenvalue weighted by atomic mass is 9.99. The highest BCUT2D eigenvalue weighted by molar-refractivity contribution is 5.97. The van der Waals surface area contributed by atoms with Crippen molar-refractivity contribution in [2.75, 3.05) is 13.6 Å². The third-order valence-electron chi connectivity index (χ3n) is 2.87. The Balaban J connectivity index is 2.70. The molecule has 1 rings (SSSR count). The first kappa shape index (κ1) is 15.3. The molecule has 1 aromatic rings. The van der Waals surface area contributed by atoms with Crippen LogP contribution in [-0.4, -0.2) is 35.7 Å². The Hall–Kier alpha value is -1.74. The number of aliphatic hydroxyl groups is 2. The van der Waals surface area contributed by atoms with Crippen molar-refractivity contribution in [1.29, 1.82) is 5.26 Å². The summed E-state index contributed by atoms with van der Waals surface area (Å²) in [6.45, 7) is 0.608. The zero-order chi connectivity index (χ0) is 14.3. The molecule has 5 heteroatoms. The van der Waals surface area contributed by atoms with Gasteiger partial charge in [0.1, 0.15) is 6.10 Å². The third-order valence-corrected chi connectivity index (χ3v) is 2.87. The Kier molecular flexibility index (Phi) is 6.16. The molecule has 3 N–H and O–H groups in total. The highest BCUT2D eigenvalue weighted by Gasteiger charge is 2.18. The first-order valence-electron chi connectivity index (χ1n) is 6.11. The van der Waals surface area contributed by atoms with Crippen LogP contribution in [0, 0.1) is 11.3 Å². The normalized spacial score (nSPS) is 13.6. The molecule has 0 heterocycles. The van der Waals surface area contributed by atoms with E-state index in [9.17, 15) is 15.0 Å². The van der Waals surface area contributed by atoms with Gasteiger partial charge in [0.2, 0.25) is 0 Å². The minimum Gasteiger partial charge on any atom is -0.390 e. The lowest BCUT2D eigenvalue weighted by Gasteiger charge is -2.18. The second-order valence-corrected chi connectivity index (χ2v) is 4.28. The maximum Gasteiger partial charge on any atom is 0.176 e. The van der Waals surface area contributed by atoms with E-state index in [1.54, 1.807) is 37.4 Å². The van der Waals surface area contributed by atoms with Crippen molar-refractivity contribution in [3.8, 4) is 6.07 Å². The number of hydrogen-bond donors (Lipinski definition) is 3. The van der Waals surface area contributed by atoms with E-state index in [2.05, 4.69) is 5.32 Å². The van der Waals surface area contributed by atoms with E-state index in [0.29, 0.717) is 24.1 Å². The molecule has 0 fully saturated rings. The zero-order valence-electron chi connectivity index (χ0n) is 10.8. The van der Waals surface area contributed by atoms with Gasteiger partial charge in [-0.05, 0) is 25.6 Å². The number of nitrogens with zero attached hydrogens (tertiary/aromatic N) is 1. The summed E-state index contributed by atoms with van der Waals surface area (Å²) >= 11 is 0. The number of hydrogen-bond acceptors (Lipinski definition) is 5. The van der Waals surface area contributed by atoms with Crippen molar-refractivity contribution >= 4 is 5.78 Å². The van der Waals surface area contributed by atoms with Crippen LogP contribution < -0.4 is 5.32 Å². The summed E-state index contributed by atoms with van der Waals surface area (Å²) in [7, 11) is 1.77. The van der Waals surface area contributed by atoms with E-state index in [4.69, 9.17) is 5.26 Å². The van der Waals surface area contributed by atoms with Gasteiger partial charge in [-0.1, -0.05) is 24.3 Å². The molecule has 2 atom stereocenters. The van der Waals surface area contributed by atoms with Crippen LogP contribution in [0.3, 0.4) is 0 Å². The van der Waals surface area contributed by atoms with Crippen LogP contribution in [0.15, 0.2) is 24.3 Å². The van der Waals surface area contributed by atoms with Crippen LogP contribution in [0.5, 0.6) is 0 Å². The molecular formula is C14H18N2O3. The number of nitrogens with one attached hydrogen (secondary N) is 1. The Morgan fingerprint density at radius 3 is 2.53 bits per heavy atom. The lowest BCUT2D eigenvalue weighted by molar-refractivity contribution is 0.0140. The minimum atomic E-state index is -0.978. The number of benzene rings is 1. The first-order valence-corrected chi connectivity index (χ1v) is 6.11. The van der Waals surface area contributed by atoms with Crippen molar-refractivity contribution in [3.63, 3.8) is 0 Å². The van der Waals surface area contributed by atoms with Gasteiger partial charge < -0.3 is 15.5 Å². The van der Waals surface area contributed by atoms with Crippen molar-refractivity contribution in [1.82, 2.24) is 5.32 Å². The topological polar surface area (TPSA) is 93.3 Å². The molecule has 2 unspecified atom stereocenters. The van der Waals surface area contributed by atoms with Crippen LogP contribution in [-0.2, 0) is 0 Å². The van der Waals surface area contributed by atoms with Gasteiger partial charge >= 0.3 is 0 Å². The fourth-order valence-corrected chi connectivity index (χ4v) is 1.71. The predicted octanol–water partition coefficient (Wildman–Crippen LogP) is 0.787. The molecule has 0 saturated carbocycles. The van der Waals surface area contributed by atoms with Gasteiger partial charge in [-0.15, -0.1) is 0 Å². The fourth-order valence-electron chi connectivity index (χ4n) is 1.71. The highest BCUT2D eigenvalue weighted by Crippen LogP contribution is 2.19. The van der Waals surface area contributed by atoms with Crippen LogP contribution in [0.25, 0.3) is 0 Å². The number of carbonyl (C=O) groups is 1. The first-order chi connectivity index (χ1) is 9.10. The second kappa shape index (κ2) is 7.64. The van der Waals surface area contributed by atoms with E-state index in [-0.39, 0.29) is 12.2 Å². The maximum atomic E-state index is 11.5. The Labute approximate surface area is 112 Å². The molecule has 102 valence electrons. The average molecular weight is 262 g/mol. The largest absolute Gasteiger partial charge is 0.390 e. The maximum absolute atomic E-state index is 11.5. The Morgan fingerprint density at radius 2 is 2.00 bits per heavy atom. The molecule has 0 radical (unpaired) electrons. The number of aliphatic hydroxyl groups excluding tert-OH is 2. The van der Waals surface area contributed by atoms with Crippen LogP contribution in [0.1, 0.15) is 34.9 Å². The summed E-state index contributed by atoms with van der Waals surface area (Å²) in [6.07, 6.45) is -1.55. The summed E-state index contributed by atoms with van der Waals surface area (Å²) in [5.74, 6) is -0.251. The molecule has 0 amide bonds. The smallest absolute Gasteiger partial charge is 0.176 e. The molecule has 0 aliphatic carbocycles. The van der Waals surface area contributed by atoms with Gasteiger partial charge in [0, 0.05) is 5.56 Å². The molecule has 0 bridgehead atoms. The van der Waals surface area contributed by atoms with E-state index in [1.165, 1.54) is 0 Å². The number of ketones is 1. The number of rotatable bonds is 7. The summed E-state index contributed by atoms with van der Waals surface area (Å²) in [6, 6.07) is 8.11. The van der Waals surface area contributed by atoms with Gasteiger partial charge in [0.15, 0.2) is 5.78 Å². The summed E-state index contributed by atoms with van der Waals surface area (Å²) in [5, 5.41) is 31.0. The van der Waals surface area contributed by atoms with Crippen LogP contribution in [0.4, 0.5) is 0 Å². The SMILES string of the molecule is CNCCC(O)C(O)c1ccc(C(=O)CC#N)cc1. The molecule has 1 aromatic carbocycles. The molecule has 19 heavy (non-hydrogen) atoms. The van der Waals surface area contributed by atoms with Gasteiger partial charge in [0.05, 0.1) is 18.6 Å². The van der Waals surface area contributed by atoms with Gasteiger partial charge in [-0.2, -0.15) is 5.26 Å². The fraction of sp³-hybridized carbons (Fsp3) is 0.429. The van der Waals surface area contributed by atoms with Crippen LogP contribution >= 0.6 is 0 Å². The standard InChI is InChI=1S/C14H18N2O3/c1-16-9-7-13(18)14(19)11-4-2-10(3-5-11)12(17)6-8-15/h2-5,13-14,16,18-19H,6-7,9H2,1H3. The highest BCUT2D eigenvalue weighted by atomic mass is 16.3. The molecular weight excluding hydrogens is 244 g/mol. The number of carbonyl (C=O) groups excluding carboxylic acids is 1. The van der Waals surface area contributed by atoms with Gasteiger partial charge in [0.25, 0.3) is 0 Å². The van der Waals surface area contributed by atoms with E-state index >= 15 is 0 Å².